The first-order valence-electron chi connectivity index (χ1n) is 5.83. The van der Waals surface area contributed by atoms with E-state index in [-0.39, 0.29) is 18.3 Å². The molecule has 1 rings (SSSR count). The van der Waals surface area contributed by atoms with E-state index in [1.807, 2.05) is 0 Å². The molecule has 3 nitrogen and oxygen atoms in total. The van der Waals surface area contributed by atoms with E-state index in [4.69, 9.17) is 0 Å². The number of carbonyl (C=O) groups excluding carboxylic acids is 1. The highest BCUT2D eigenvalue weighted by molar-refractivity contribution is 5.85. The maximum atomic E-state index is 11.5. The molecule has 0 aromatic rings. The Hall–Kier alpha value is -0.280. The second-order valence-corrected chi connectivity index (χ2v) is 4.05. The zero-order chi connectivity index (χ0) is 10.2. The first kappa shape index (κ1) is 14.7. The van der Waals surface area contributed by atoms with Gasteiger partial charge >= 0.3 is 0 Å². The van der Waals surface area contributed by atoms with Crippen LogP contribution in [0.3, 0.4) is 0 Å². The molecule has 2 N–H and O–H groups in total. The Morgan fingerprint density at radius 1 is 1.33 bits per heavy atom. The molecule has 15 heavy (non-hydrogen) atoms. The van der Waals surface area contributed by atoms with Crippen molar-refractivity contribution in [3.8, 4) is 0 Å². The fourth-order valence-corrected chi connectivity index (χ4v) is 1.80. The van der Waals surface area contributed by atoms with Crippen LogP contribution >= 0.6 is 12.4 Å². The number of rotatable bonds is 5. The van der Waals surface area contributed by atoms with Gasteiger partial charge in [0.05, 0.1) is 0 Å². The monoisotopic (exact) mass is 234 g/mol. The average Bonchev–Trinajstić information content (AvgIpc) is 2.20. The number of carbonyl (C=O) groups is 1. The van der Waals surface area contributed by atoms with Crippen LogP contribution in [0.2, 0.25) is 0 Å². The molecule has 90 valence electrons. The van der Waals surface area contributed by atoms with Gasteiger partial charge in [-0.3, -0.25) is 4.79 Å². The predicted octanol–water partition coefficient (Wildman–Crippen LogP) is 1.86. The molecule has 0 bridgehead atoms. The number of nitrogens with one attached hydrogen (secondary N) is 2. The van der Waals surface area contributed by atoms with Gasteiger partial charge in [0.25, 0.3) is 0 Å². The minimum absolute atomic E-state index is 0. The molecule has 0 aromatic heterocycles. The van der Waals surface area contributed by atoms with Crippen molar-refractivity contribution in [1.29, 1.82) is 0 Å². The lowest BCUT2D eigenvalue weighted by Gasteiger charge is -2.23. The van der Waals surface area contributed by atoms with E-state index in [9.17, 15) is 4.79 Å². The normalized spacial score (nSPS) is 16.9. The van der Waals surface area contributed by atoms with Gasteiger partial charge in [-0.2, -0.15) is 0 Å². The highest BCUT2D eigenvalue weighted by atomic mass is 35.5. The number of hydrogen-bond donors (Lipinski definition) is 2. The number of halogens is 1. The molecule has 1 saturated heterocycles. The fourth-order valence-electron chi connectivity index (χ4n) is 1.80. The Morgan fingerprint density at radius 2 is 2.00 bits per heavy atom. The van der Waals surface area contributed by atoms with E-state index in [1.54, 1.807) is 0 Å². The standard InChI is InChI=1S/C11H22N2O.ClH/c1-2-3-4-5-11(14)13-10-6-8-12-9-7-10;/h10,12H,2-9H2,1H3,(H,13,14);1H. The largest absolute Gasteiger partial charge is 0.353 e. The van der Waals surface area contributed by atoms with Gasteiger partial charge in [0.1, 0.15) is 0 Å². The zero-order valence-electron chi connectivity index (χ0n) is 9.55. The SMILES string of the molecule is CCCCCC(=O)NC1CCNCC1.Cl. The van der Waals surface area contributed by atoms with Crippen LogP contribution in [0, 0.1) is 0 Å². The molecule has 1 aliphatic rings. The molecule has 0 unspecified atom stereocenters. The van der Waals surface area contributed by atoms with E-state index >= 15 is 0 Å². The molecule has 0 saturated carbocycles. The highest BCUT2D eigenvalue weighted by Gasteiger charge is 2.14. The lowest BCUT2D eigenvalue weighted by molar-refractivity contribution is -0.122. The van der Waals surface area contributed by atoms with Crippen molar-refractivity contribution in [2.24, 2.45) is 0 Å². The number of piperidine rings is 1. The smallest absolute Gasteiger partial charge is 0.220 e. The molecule has 0 spiro atoms. The minimum Gasteiger partial charge on any atom is -0.353 e. The summed E-state index contributed by atoms with van der Waals surface area (Å²) in [6.07, 6.45) is 6.25. The predicted molar refractivity (Wildman–Crippen MR) is 65.4 cm³/mol. The molecule has 1 fully saturated rings. The first-order chi connectivity index (χ1) is 6.83. The van der Waals surface area contributed by atoms with Crippen LogP contribution in [0.1, 0.15) is 45.4 Å². The van der Waals surface area contributed by atoms with Gasteiger partial charge in [-0.25, -0.2) is 0 Å². The van der Waals surface area contributed by atoms with Crippen LogP contribution in [-0.4, -0.2) is 25.0 Å². The van der Waals surface area contributed by atoms with Crippen LogP contribution in [0.4, 0.5) is 0 Å². The van der Waals surface area contributed by atoms with E-state index < -0.39 is 0 Å². The Kier molecular flexibility index (Phi) is 8.82. The lowest BCUT2D eigenvalue weighted by atomic mass is 10.1. The summed E-state index contributed by atoms with van der Waals surface area (Å²) in [4.78, 5) is 11.5. The third kappa shape index (κ3) is 6.74. The maximum Gasteiger partial charge on any atom is 0.220 e. The Morgan fingerprint density at radius 3 is 2.60 bits per heavy atom. The number of unbranched alkanes of at least 4 members (excludes halogenated alkanes) is 2. The van der Waals surface area contributed by atoms with E-state index in [0.29, 0.717) is 12.5 Å². The Bertz CT molecular complexity index is 170. The van der Waals surface area contributed by atoms with Crippen LogP contribution in [0.5, 0.6) is 0 Å². The molecule has 1 aliphatic heterocycles. The van der Waals surface area contributed by atoms with Crippen molar-refractivity contribution in [2.45, 2.75) is 51.5 Å². The van der Waals surface area contributed by atoms with Crippen molar-refractivity contribution in [2.75, 3.05) is 13.1 Å². The van der Waals surface area contributed by atoms with Crippen molar-refractivity contribution in [3.05, 3.63) is 0 Å². The second-order valence-electron chi connectivity index (χ2n) is 4.05. The maximum absolute atomic E-state index is 11.5. The Balaban J connectivity index is 0.00000196. The molecule has 0 aliphatic carbocycles. The third-order valence-electron chi connectivity index (χ3n) is 2.71. The van der Waals surface area contributed by atoms with Crippen LogP contribution in [-0.2, 0) is 4.79 Å². The number of hydrogen-bond acceptors (Lipinski definition) is 2. The minimum atomic E-state index is 0. The van der Waals surface area contributed by atoms with Gasteiger partial charge in [-0.1, -0.05) is 19.8 Å². The molecule has 4 heteroatoms. The van der Waals surface area contributed by atoms with Gasteiger partial charge in [-0.15, -0.1) is 12.4 Å². The number of amides is 1. The van der Waals surface area contributed by atoms with Crippen molar-refractivity contribution < 1.29 is 4.79 Å². The summed E-state index contributed by atoms with van der Waals surface area (Å²) in [5, 5.41) is 6.39. The van der Waals surface area contributed by atoms with Crippen LogP contribution in [0.15, 0.2) is 0 Å². The molecular weight excluding hydrogens is 212 g/mol. The van der Waals surface area contributed by atoms with Crippen molar-refractivity contribution in [3.63, 3.8) is 0 Å². The molecule has 0 aromatic carbocycles. The summed E-state index contributed by atoms with van der Waals surface area (Å²) < 4.78 is 0. The molecular formula is C11H23ClN2O. The van der Waals surface area contributed by atoms with Gasteiger partial charge in [0.15, 0.2) is 0 Å². The van der Waals surface area contributed by atoms with Gasteiger partial charge < -0.3 is 10.6 Å². The topological polar surface area (TPSA) is 41.1 Å². The molecule has 1 heterocycles. The fraction of sp³-hybridized carbons (Fsp3) is 0.909. The molecule has 0 atom stereocenters. The van der Waals surface area contributed by atoms with E-state index in [0.717, 1.165) is 32.4 Å². The first-order valence-corrected chi connectivity index (χ1v) is 5.83. The highest BCUT2D eigenvalue weighted by Crippen LogP contribution is 2.04. The summed E-state index contributed by atoms with van der Waals surface area (Å²) >= 11 is 0. The second kappa shape index (κ2) is 8.98. The quantitative estimate of drug-likeness (QED) is 0.713. The summed E-state index contributed by atoms with van der Waals surface area (Å²) in [6, 6.07) is 0.422. The molecule has 1 amide bonds. The van der Waals surface area contributed by atoms with E-state index in [2.05, 4.69) is 17.6 Å². The zero-order valence-corrected chi connectivity index (χ0v) is 10.4. The van der Waals surface area contributed by atoms with Gasteiger partial charge in [0.2, 0.25) is 5.91 Å². The van der Waals surface area contributed by atoms with Crippen LogP contribution < -0.4 is 10.6 Å². The Labute approximate surface area is 98.8 Å². The summed E-state index contributed by atoms with van der Waals surface area (Å²) in [5.74, 6) is 0.241. The van der Waals surface area contributed by atoms with Crippen LogP contribution in [0.25, 0.3) is 0 Å². The van der Waals surface area contributed by atoms with Crippen molar-refractivity contribution in [1.82, 2.24) is 10.6 Å². The van der Waals surface area contributed by atoms with Crippen molar-refractivity contribution >= 4 is 18.3 Å². The average molecular weight is 235 g/mol. The summed E-state index contributed by atoms with van der Waals surface area (Å²) in [7, 11) is 0. The summed E-state index contributed by atoms with van der Waals surface area (Å²) in [5.41, 5.74) is 0. The van der Waals surface area contributed by atoms with E-state index in [1.165, 1.54) is 12.8 Å². The van der Waals surface area contributed by atoms with Gasteiger partial charge in [-0.05, 0) is 32.4 Å². The summed E-state index contributed by atoms with van der Waals surface area (Å²) in [6.45, 7) is 4.24. The lowest BCUT2D eigenvalue weighted by Crippen LogP contribution is -2.42. The third-order valence-corrected chi connectivity index (χ3v) is 2.71. The van der Waals surface area contributed by atoms with Gasteiger partial charge in [0, 0.05) is 12.5 Å². The molecule has 0 radical (unpaired) electrons.